The molecule has 5 heteroatoms. The molecule has 1 atom stereocenters. The summed E-state index contributed by atoms with van der Waals surface area (Å²) >= 11 is 6.05. The Hall–Kier alpha value is -1.26. The molecule has 0 spiro atoms. The number of benzene rings is 1. The number of aromatic hydroxyl groups is 1. The van der Waals surface area contributed by atoms with Crippen molar-refractivity contribution in [2.75, 3.05) is 0 Å². The molecule has 0 radical (unpaired) electrons. The van der Waals surface area contributed by atoms with Gasteiger partial charge in [-0.15, -0.1) is 0 Å². The van der Waals surface area contributed by atoms with Crippen molar-refractivity contribution >= 4 is 17.6 Å². The average molecular weight is 244 g/mol. The second-order valence-corrected chi connectivity index (χ2v) is 4.15. The Kier molecular flexibility index (Phi) is 3.45. The summed E-state index contributed by atoms with van der Waals surface area (Å²) in [6.07, 6.45) is 0. The van der Waals surface area contributed by atoms with Crippen LogP contribution in [0.1, 0.15) is 28.3 Å². The number of halogens is 1. The third-order valence-electron chi connectivity index (χ3n) is 2.81. The second kappa shape index (κ2) is 4.31. The molecule has 0 aliphatic heterocycles. The quantitative estimate of drug-likeness (QED) is 0.742. The fourth-order valence-electron chi connectivity index (χ4n) is 1.63. The van der Waals surface area contributed by atoms with E-state index in [0.29, 0.717) is 16.1 Å². The number of carboxylic acids is 1. The molecule has 0 aliphatic carbocycles. The van der Waals surface area contributed by atoms with E-state index >= 15 is 0 Å². The number of phenolic OH excluding ortho intramolecular Hbond substituents is 1. The number of carboxylic acid groups (broad SMARTS) is 1. The van der Waals surface area contributed by atoms with Crippen molar-refractivity contribution in [1.29, 1.82) is 0 Å². The van der Waals surface area contributed by atoms with Crippen molar-refractivity contribution in [2.45, 2.75) is 26.8 Å². The molecule has 0 aliphatic rings. The largest absolute Gasteiger partial charge is 0.507 e. The zero-order valence-electron chi connectivity index (χ0n) is 9.34. The predicted octanol–water partition coefficient (Wildman–Crippen LogP) is 2.06. The lowest BCUT2D eigenvalue weighted by molar-refractivity contribution is -0.138. The molecule has 1 aromatic carbocycles. The number of rotatable bonds is 2. The van der Waals surface area contributed by atoms with Gasteiger partial charge in [0.25, 0.3) is 0 Å². The van der Waals surface area contributed by atoms with Crippen LogP contribution in [0.4, 0.5) is 0 Å². The van der Waals surface area contributed by atoms with Crippen LogP contribution in [-0.2, 0) is 4.79 Å². The van der Waals surface area contributed by atoms with Crippen LogP contribution in [0.2, 0.25) is 5.02 Å². The van der Waals surface area contributed by atoms with Crippen molar-refractivity contribution in [3.05, 3.63) is 27.3 Å². The molecule has 1 unspecified atom stereocenters. The fraction of sp³-hybridized carbons (Fsp3) is 0.364. The van der Waals surface area contributed by atoms with Crippen LogP contribution >= 0.6 is 11.6 Å². The maximum Gasteiger partial charge on any atom is 0.325 e. The van der Waals surface area contributed by atoms with Crippen LogP contribution in [0, 0.1) is 20.8 Å². The minimum absolute atomic E-state index is 0.0886. The Labute approximate surface area is 98.6 Å². The topological polar surface area (TPSA) is 83.6 Å². The molecule has 0 amide bonds. The summed E-state index contributed by atoms with van der Waals surface area (Å²) in [5.74, 6) is -1.29. The zero-order valence-corrected chi connectivity index (χ0v) is 10.1. The van der Waals surface area contributed by atoms with Gasteiger partial charge in [-0.25, -0.2) is 0 Å². The van der Waals surface area contributed by atoms with Gasteiger partial charge in [-0.3, -0.25) is 4.79 Å². The molecular formula is C11H14ClNO3. The first kappa shape index (κ1) is 12.8. The number of hydrogen-bond acceptors (Lipinski definition) is 3. The number of aliphatic carboxylic acids is 1. The minimum atomic E-state index is -1.27. The summed E-state index contributed by atoms with van der Waals surface area (Å²) in [6.45, 7) is 5.08. The van der Waals surface area contributed by atoms with Crippen molar-refractivity contribution in [3.8, 4) is 5.75 Å². The van der Waals surface area contributed by atoms with Crippen molar-refractivity contribution in [1.82, 2.24) is 0 Å². The number of carbonyl (C=O) groups is 1. The van der Waals surface area contributed by atoms with E-state index in [-0.39, 0.29) is 11.3 Å². The maximum atomic E-state index is 10.8. The van der Waals surface area contributed by atoms with Crippen LogP contribution in [0.25, 0.3) is 0 Å². The highest BCUT2D eigenvalue weighted by molar-refractivity contribution is 6.32. The van der Waals surface area contributed by atoms with Crippen LogP contribution in [0.3, 0.4) is 0 Å². The van der Waals surface area contributed by atoms with Crippen LogP contribution < -0.4 is 5.73 Å². The van der Waals surface area contributed by atoms with Gasteiger partial charge in [-0.05, 0) is 37.5 Å². The Bertz CT molecular complexity index is 428. The van der Waals surface area contributed by atoms with E-state index in [9.17, 15) is 9.90 Å². The van der Waals surface area contributed by atoms with E-state index in [0.717, 1.165) is 5.56 Å². The average Bonchev–Trinajstić information content (AvgIpc) is 2.23. The number of nitrogens with two attached hydrogens (primary N) is 1. The Morgan fingerprint density at radius 3 is 2.19 bits per heavy atom. The first-order valence-electron chi connectivity index (χ1n) is 4.75. The number of phenols is 1. The molecule has 0 saturated carbocycles. The van der Waals surface area contributed by atoms with Gasteiger partial charge < -0.3 is 15.9 Å². The Morgan fingerprint density at radius 2 is 1.75 bits per heavy atom. The zero-order chi connectivity index (χ0) is 12.6. The molecule has 0 heterocycles. The monoisotopic (exact) mass is 243 g/mol. The normalized spacial score (nSPS) is 12.6. The number of hydrogen-bond donors (Lipinski definition) is 3. The summed E-state index contributed by atoms with van der Waals surface area (Å²) in [5, 5.41) is 19.2. The fourth-order valence-corrected chi connectivity index (χ4v) is 1.87. The summed E-state index contributed by atoms with van der Waals surface area (Å²) in [6, 6.07) is -1.27. The van der Waals surface area contributed by atoms with Gasteiger partial charge in [0.15, 0.2) is 0 Å². The van der Waals surface area contributed by atoms with E-state index in [1.54, 1.807) is 20.8 Å². The minimum Gasteiger partial charge on any atom is -0.507 e. The Morgan fingerprint density at radius 1 is 1.25 bits per heavy atom. The van der Waals surface area contributed by atoms with Gasteiger partial charge >= 0.3 is 5.97 Å². The van der Waals surface area contributed by atoms with Crippen LogP contribution in [0.5, 0.6) is 5.75 Å². The first-order chi connectivity index (χ1) is 7.29. The van der Waals surface area contributed by atoms with E-state index in [2.05, 4.69) is 0 Å². The SMILES string of the molecule is Cc1c(C)c(Cl)c(C)c(C(N)C(=O)O)c1O. The highest BCUT2D eigenvalue weighted by Gasteiger charge is 2.24. The summed E-state index contributed by atoms with van der Waals surface area (Å²) in [4.78, 5) is 10.8. The predicted molar refractivity (Wildman–Crippen MR) is 61.9 cm³/mol. The van der Waals surface area contributed by atoms with E-state index in [1.807, 2.05) is 0 Å². The molecular weight excluding hydrogens is 230 g/mol. The van der Waals surface area contributed by atoms with Gasteiger partial charge in [0, 0.05) is 10.6 Å². The summed E-state index contributed by atoms with van der Waals surface area (Å²) in [7, 11) is 0. The summed E-state index contributed by atoms with van der Waals surface area (Å²) in [5.41, 5.74) is 7.49. The standard InChI is InChI=1S/C11H14ClNO3/c1-4-5(2)10(14)7(6(3)8(4)12)9(13)11(15)16/h9,14H,13H2,1-3H3,(H,15,16). The third kappa shape index (κ3) is 1.86. The molecule has 0 fully saturated rings. The molecule has 88 valence electrons. The van der Waals surface area contributed by atoms with E-state index in [4.69, 9.17) is 22.4 Å². The third-order valence-corrected chi connectivity index (χ3v) is 3.38. The smallest absolute Gasteiger partial charge is 0.325 e. The van der Waals surface area contributed by atoms with E-state index < -0.39 is 12.0 Å². The Balaban J connectivity index is 3.57. The first-order valence-corrected chi connectivity index (χ1v) is 5.13. The molecule has 0 saturated heterocycles. The lowest BCUT2D eigenvalue weighted by atomic mass is 9.94. The van der Waals surface area contributed by atoms with Crippen molar-refractivity contribution in [3.63, 3.8) is 0 Å². The lowest BCUT2D eigenvalue weighted by Gasteiger charge is -2.18. The molecule has 4 nitrogen and oxygen atoms in total. The lowest BCUT2D eigenvalue weighted by Crippen LogP contribution is -2.22. The highest BCUT2D eigenvalue weighted by Crippen LogP contribution is 2.37. The van der Waals surface area contributed by atoms with E-state index in [1.165, 1.54) is 0 Å². The van der Waals surface area contributed by atoms with Gasteiger partial charge in [0.05, 0.1) is 0 Å². The van der Waals surface area contributed by atoms with Crippen molar-refractivity contribution in [2.24, 2.45) is 5.73 Å². The summed E-state index contributed by atoms with van der Waals surface area (Å²) < 4.78 is 0. The van der Waals surface area contributed by atoms with Gasteiger partial charge in [0.2, 0.25) is 0 Å². The van der Waals surface area contributed by atoms with Gasteiger partial charge in [-0.1, -0.05) is 11.6 Å². The molecule has 1 aromatic rings. The van der Waals surface area contributed by atoms with Crippen molar-refractivity contribution < 1.29 is 15.0 Å². The van der Waals surface area contributed by atoms with Crippen LogP contribution in [-0.4, -0.2) is 16.2 Å². The maximum absolute atomic E-state index is 10.8. The molecule has 1 rings (SSSR count). The van der Waals surface area contributed by atoms with Gasteiger partial charge in [0.1, 0.15) is 11.8 Å². The molecule has 0 bridgehead atoms. The second-order valence-electron chi connectivity index (χ2n) is 3.77. The highest BCUT2D eigenvalue weighted by atomic mass is 35.5. The van der Waals surface area contributed by atoms with Crippen LogP contribution in [0.15, 0.2) is 0 Å². The van der Waals surface area contributed by atoms with Gasteiger partial charge in [-0.2, -0.15) is 0 Å². The molecule has 0 aromatic heterocycles. The molecule has 4 N–H and O–H groups in total. The molecule has 16 heavy (non-hydrogen) atoms.